The number of nitrogens with zero attached hydrogens (tertiary/aromatic N) is 2. The molecule has 0 aliphatic carbocycles. The number of benzene rings is 2. The summed E-state index contributed by atoms with van der Waals surface area (Å²) in [5, 5.41) is 11.9. The molecule has 1 atom stereocenters. The Hall–Kier alpha value is -2.68. The van der Waals surface area contributed by atoms with Gasteiger partial charge in [-0.15, -0.1) is 0 Å². The summed E-state index contributed by atoms with van der Waals surface area (Å²) in [5.74, 6) is -0.00922. The lowest BCUT2D eigenvalue weighted by atomic mass is 10.1. The quantitative estimate of drug-likeness (QED) is 0.656. The minimum absolute atomic E-state index is 0.00922. The monoisotopic (exact) mass is 365 g/mol. The van der Waals surface area contributed by atoms with E-state index in [2.05, 4.69) is 23.5 Å². The van der Waals surface area contributed by atoms with Crippen LogP contribution in [0, 0.1) is 11.3 Å². The molecule has 0 saturated heterocycles. The van der Waals surface area contributed by atoms with Crippen LogP contribution in [0.1, 0.15) is 36.1 Å². The van der Waals surface area contributed by atoms with Gasteiger partial charge in [0.15, 0.2) is 0 Å². The number of ether oxygens (including phenoxy) is 1. The van der Waals surface area contributed by atoms with Crippen LogP contribution in [0.2, 0.25) is 0 Å². The molecule has 0 aliphatic heterocycles. The largest absolute Gasteiger partial charge is 0.374 e. The number of nitrogens with one attached hydrogen (secondary N) is 1. The van der Waals surface area contributed by atoms with Gasteiger partial charge in [0.2, 0.25) is 5.91 Å². The number of rotatable bonds is 10. The molecule has 2 aromatic carbocycles. The van der Waals surface area contributed by atoms with Gasteiger partial charge in [0.05, 0.1) is 24.3 Å². The maximum Gasteiger partial charge on any atom is 0.234 e. The average Bonchev–Trinajstić information content (AvgIpc) is 2.68. The van der Waals surface area contributed by atoms with E-state index in [9.17, 15) is 4.79 Å². The zero-order valence-electron chi connectivity index (χ0n) is 16.0. The fraction of sp³-hybridized carbons (Fsp3) is 0.364. The summed E-state index contributed by atoms with van der Waals surface area (Å²) < 4.78 is 5.80. The van der Waals surface area contributed by atoms with E-state index in [1.54, 1.807) is 6.07 Å². The van der Waals surface area contributed by atoms with Gasteiger partial charge in [0, 0.05) is 19.7 Å². The second kappa shape index (κ2) is 11.1. The number of amides is 1. The Bertz CT molecular complexity index is 756. The topological polar surface area (TPSA) is 65.4 Å². The van der Waals surface area contributed by atoms with Crippen LogP contribution in [-0.2, 0) is 16.1 Å². The molecule has 0 aromatic heterocycles. The summed E-state index contributed by atoms with van der Waals surface area (Å²) >= 11 is 0. The minimum Gasteiger partial charge on any atom is -0.374 e. The number of hydrogen-bond acceptors (Lipinski definition) is 4. The third-order valence-corrected chi connectivity index (χ3v) is 4.20. The Morgan fingerprint density at radius 2 is 2.00 bits per heavy atom. The third kappa shape index (κ3) is 7.61. The van der Waals surface area contributed by atoms with E-state index in [4.69, 9.17) is 10.00 Å². The molecule has 0 spiro atoms. The van der Waals surface area contributed by atoms with Crippen molar-refractivity contribution in [2.24, 2.45) is 0 Å². The van der Waals surface area contributed by atoms with E-state index in [0.29, 0.717) is 31.8 Å². The van der Waals surface area contributed by atoms with Crippen LogP contribution in [0.15, 0.2) is 54.6 Å². The molecule has 27 heavy (non-hydrogen) atoms. The van der Waals surface area contributed by atoms with Gasteiger partial charge >= 0.3 is 0 Å². The Balaban J connectivity index is 1.61. The molecule has 0 saturated carbocycles. The second-order valence-corrected chi connectivity index (χ2v) is 6.61. The van der Waals surface area contributed by atoms with Crippen molar-refractivity contribution in [2.45, 2.75) is 26.0 Å². The first-order chi connectivity index (χ1) is 13.1. The molecule has 142 valence electrons. The molecule has 2 rings (SSSR count). The zero-order chi connectivity index (χ0) is 19.5. The molecule has 0 radical (unpaired) electrons. The standard InChI is InChI=1S/C22H27N3O2/c1-18(21-10-4-3-5-11-21)27-13-7-12-24-22(26)17-25(2)16-20-9-6-8-19(14-20)15-23/h3-6,8-11,14,18H,7,12-13,16-17H2,1-2H3,(H,24,26). The smallest absolute Gasteiger partial charge is 0.234 e. The first kappa shape index (κ1) is 20.6. The van der Waals surface area contributed by atoms with Crippen LogP contribution in [-0.4, -0.2) is 37.6 Å². The van der Waals surface area contributed by atoms with Gasteiger partial charge in [-0.3, -0.25) is 9.69 Å². The fourth-order valence-corrected chi connectivity index (χ4v) is 2.79. The molecule has 2 aromatic rings. The molecule has 5 nitrogen and oxygen atoms in total. The maximum absolute atomic E-state index is 12.0. The summed E-state index contributed by atoms with van der Waals surface area (Å²) in [6.07, 6.45) is 0.828. The number of nitriles is 1. The first-order valence-corrected chi connectivity index (χ1v) is 9.19. The molecule has 0 fully saturated rings. The van der Waals surface area contributed by atoms with Gasteiger partial charge in [0.25, 0.3) is 0 Å². The lowest BCUT2D eigenvalue weighted by molar-refractivity contribution is -0.122. The van der Waals surface area contributed by atoms with E-state index >= 15 is 0 Å². The van der Waals surface area contributed by atoms with Crippen LogP contribution >= 0.6 is 0 Å². The molecule has 5 heteroatoms. The summed E-state index contributed by atoms with van der Waals surface area (Å²) in [5.41, 5.74) is 2.81. The Labute approximate surface area is 161 Å². The lowest BCUT2D eigenvalue weighted by Gasteiger charge is -2.17. The van der Waals surface area contributed by atoms with E-state index in [-0.39, 0.29) is 12.0 Å². The van der Waals surface area contributed by atoms with Crippen molar-refractivity contribution in [3.8, 4) is 6.07 Å². The Morgan fingerprint density at radius 3 is 2.74 bits per heavy atom. The van der Waals surface area contributed by atoms with E-state index in [1.807, 2.05) is 55.3 Å². The van der Waals surface area contributed by atoms with Crippen molar-refractivity contribution < 1.29 is 9.53 Å². The number of carbonyl (C=O) groups excluding carboxylic acids is 1. The predicted molar refractivity (Wildman–Crippen MR) is 106 cm³/mol. The van der Waals surface area contributed by atoms with Gasteiger partial charge in [-0.1, -0.05) is 42.5 Å². The van der Waals surface area contributed by atoms with Crippen molar-refractivity contribution in [3.05, 3.63) is 71.3 Å². The van der Waals surface area contributed by atoms with Gasteiger partial charge in [-0.05, 0) is 43.7 Å². The highest BCUT2D eigenvalue weighted by atomic mass is 16.5. The third-order valence-electron chi connectivity index (χ3n) is 4.20. The normalized spacial score (nSPS) is 11.8. The summed E-state index contributed by atoms with van der Waals surface area (Å²) in [6.45, 7) is 4.17. The van der Waals surface area contributed by atoms with Crippen molar-refractivity contribution >= 4 is 5.91 Å². The van der Waals surface area contributed by atoms with Crippen molar-refractivity contribution in [1.82, 2.24) is 10.2 Å². The summed E-state index contributed by atoms with van der Waals surface area (Å²) in [6, 6.07) is 19.7. The van der Waals surface area contributed by atoms with Gasteiger partial charge in [0.1, 0.15) is 0 Å². The van der Waals surface area contributed by atoms with Crippen LogP contribution < -0.4 is 5.32 Å². The Kier molecular flexibility index (Phi) is 8.50. The SMILES string of the molecule is CC(OCCCNC(=O)CN(C)Cc1cccc(C#N)c1)c1ccccc1. The van der Waals surface area contributed by atoms with Crippen molar-refractivity contribution in [1.29, 1.82) is 5.26 Å². The highest BCUT2D eigenvalue weighted by molar-refractivity contribution is 5.77. The summed E-state index contributed by atoms with van der Waals surface area (Å²) in [7, 11) is 1.89. The van der Waals surface area contributed by atoms with Crippen LogP contribution in [0.4, 0.5) is 0 Å². The van der Waals surface area contributed by atoms with E-state index < -0.39 is 0 Å². The van der Waals surface area contributed by atoms with Gasteiger partial charge < -0.3 is 10.1 Å². The predicted octanol–water partition coefficient (Wildman–Crippen LogP) is 3.27. The molecule has 1 unspecified atom stereocenters. The number of hydrogen-bond donors (Lipinski definition) is 1. The fourth-order valence-electron chi connectivity index (χ4n) is 2.79. The second-order valence-electron chi connectivity index (χ2n) is 6.61. The van der Waals surface area contributed by atoms with Crippen LogP contribution in [0.25, 0.3) is 0 Å². The van der Waals surface area contributed by atoms with Gasteiger partial charge in [-0.2, -0.15) is 5.26 Å². The first-order valence-electron chi connectivity index (χ1n) is 9.19. The molecule has 0 bridgehead atoms. The Morgan fingerprint density at radius 1 is 1.22 bits per heavy atom. The van der Waals surface area contributed by atoms with E-state index in [0.717, 1.165) is 17.5 Å². The highest BCUT2D eigenvalue weighted by Crippen LogP contribution is 2.15. The lowest BCUT2D eigenvalue weighted by Crippen LogP contribution is -2.35. The number of likely N-dealkylation sites (N-methyl/N-ethyl adjacent to an activating group) is 1. The minimum atomic E-state index is -0.00922. The van der Waals surface area contributed by atoms with Crippen molar-refractivity contribution in [2.75, 3.05) is 26.7 Å². The molecular weight excluding hydrogens is 338 g/mol. The van der Waals surface area contributed by atoms with Crippen LogP contribution in [0.3, 0.4) is 0 Å². The highest BCUT2D eigenvalue weighted by Gasteiger charge is 2.08. The molecule has 0 heterocycles. The zero-order valence-corrected chi connectivity index (χ0v) is 16.0. The van der Waals surface area contributed by atoms with E-state index in [1.165, 1.54) is 0 Å². The summed E-state index contributed by atoms with van der Waals surface area (Å²) in [4.78, 5) is 14.0. The molecular formula is C22H27N3O2. The van der Waals surface area contributed by atoms with Crippen molar-refractivity contribution in [3.63, 3.8) is 0 Å². The maximum atomic E-state index is 12.0. The van der Waals surface area contributed by atoms with Gasteiger partial charge in [-0.25, -0.2) is 0 Å². The average molecular weight is 365 g/mol. The molecule has 1 amide bonds. The molecule has 0 aliphatic rings. The molecule has 1 N–H and O–H groups in total. The number of carbonyl (C=O) groups is 1. The van der Waals surface area contributed by atoms with Crippen LogP contribution in [0.5, 0.6) is 0 Å².